The van der Waals surface area contributed by atoms with Gasteiger partial charge in [-0.3, -0.25) is 9.88 Å². The minimum absolute atomic E-state index is 0.176. The topological polar surface area (TPSA) is 57.6 Å². The highest BCUT2D eigenvalue weighted by atomic mass is 16.5. The van der Waals surface area contributed by atoms with E-state index in [0.717, 1.165) is 36.8 Å². The highest BCUT2D eigenvalue weighted by Gasteiger charge is 2.18. The minimum Gasteiger partial charge on any atom is -0.497 e. The Morgan fingerprint density at radius 1 is 1.50 bits per heavy atom. The third kappa shape index (κ3) is 4.44. The number of ether oxygens (including phenoxy) is 1. The lowest BCUT2D eigenvalue weighted by Gasteiger charge is -2.24. The van der Waals surface area contributed by atoms with Crippen LogP contribution in [0.15, 0.2) is 12.1 Å². The first-order valence-corrected chi connectivity index (χ1v) is 7.29. The van der Waals surface area contributed by atoms with E-state index in [2.05, 4.69) is 15.2 Å². The van der Waals surface area contributed by atoms with Crippen molar-refractivity contribution >= 4 is 0 Å². The highest BCUT2D eigenvalue weighted by Crippen LogP contribution is 2.15. The van der Waals surface area contributed by atoms with Gasteiger partial charge in [-0.2, -0.15) is 0 Å². The van der Waals surface area contributed by atoms with Crippen LogP contribution in [-0.4, -0.2) is 54.4 Å². The van der Waals surface area contributed by atoms with E-state index in [0.29, 0.717) is 12.6 Å². The summed E-state index contributed by atoms with van der Waals surface area (Å²) in [6.45, 7) is 5.64. The molecule has 1 atom stereocenters. The number of pyridine rings is 1. The molecule has 0 aromatic carbocycles. The number of aryl methyl sites for hydroxylation is 1. The summed E-state index contributed by atoms with van der Waals surface area (Å²) in [5.41, 5.74) is 1.95. The lowest BCUT2D eigenvalue weighted by atomic mass is 10.2. The normalized spacial score (nSPS) is 18.7. The van der Waals surface area contributed by atoms with Gasteiger partial charge in [0.05, 0.1) is 19.4 Å². The third-order valence-corrected chi connectivity index (χ3v) is 3.66. The van der Waals surface area contributed by atoms with Crippen LogP contribution < -0.4 is 10.1 Å². The molecule has 0 saturated carbocycles. The van der Waals surface area contributed by atoms with Crippen molar-refractivity contribution in [2.24, 2.45) is 0 Å². The minimum atomic E-state index is 0.176. The summed E-state index contributed by atoms with van der Waals surface area (Å²) in [6, 6.07) is 4.44. The van der Waals surface area contributed by atoms with Gasteiger partial charge >= 0.3 is 0 Å². The molecule has 1 fully saturated rings. The molecule has 0 spiro atoms. The van der Waals surface area contributed by atoms with E-state index < -0.39 is 0 Å². The first-order chi connectivity index (χ1) is 9.71. The van der Waals surface area contributed by atoms with E-state index in [9.17, 15) is 5.11 Å². The van der Waals surface area contributed by atoms with Crippen LogP contribution in [0.1, 0.15) is 24.2 Å². The maximum absolute atomic E-state index is 9.24. The molecule has 2 N–H and O–H groups in total. The molecule has 1 saturated heterocycles. The fourth-order valence-corrected chi connectivity index (χ4v) is 2.73. The van der Waals surface area contributed by atoms with Crippen LogP contribution in [0.5, 0.6) is 5.75 Å². The van der Waals surface area contributed by atoms with Crippen molar-refractivity contribution in [1.29, 1.82) is 0 Å². The van der Waals surface area contributed by atoms with Crippen molar-refractivity contribution in [1.82, 2.24) is 15.2 Å². The summed E-state index contributed by atoms with van der Waals surface area (Å²) in [7, 11) is 1.67. The zero-order valence-electron chi connectivity index (χ0n) is 12.4. The van der Waals surface area contributed by atoms with Crippen molar-refractivity contribution in [3.8, 4) is 5.75 Å². The third-order valence-electron chi connectivity index (χ3n) is 3.66. The van der Waals surface area contributed by atoms with E-state index in [4.69, 9.17) is 4.74 Å². The summed E-state index contributed by atoms with van der Waals surface area (Å²) < 4.78 is 5.29. The molecule has 20 heavy (non-hydrogen) atoms. The van der Waals surface area contributed by atoms with Crippen molar-refractivity contribution in [2.75, 3.05) is 33.4 Å². The summed E-state index contributed by atoms with van der Waals surface area (Å²) in [5.74, 6) is 0.843. The van der Waals surface area contributed by atoms with Crippen molar-refractivity contribution in [3.05, 3.63) is 23.5 Å². The monoisotopic (exact) mass is 279 g/mol. The van der Waals surface area contributed by atoms with Crippen LogP contribution in [0.4, 0.5) is 0 Å². The van der Waals surface area contributed by atoms with Gasteiger partial charge in [-0.15, -0.1) is 0 Å². The lowest BCUT2D eigenvalue weighted by molar-refractivity contribution is 0.177. The Morgan fingerprint density at radius 2 is 2.35 bits per heavy atom. The number of aliphatic hydroxyl groups is 1. The van der Waals surface area contributed by atoms with Gasteiger partial charge in [0.2, 0.25) is 0 Å². The Labute approximate surface area is 121 Å². The van der Waals surface area contributed by atoms with Crippen molar-refractivity contribution in [3.63, 3.8) is 0 Å². The number of nitrogens with zero attached hydrogens (tertiary/aromatic N) is 2. The molecule has 112 valence electrons. The maximum atomic E-state index is 9.24. The van der Waals surface area contributed by atoms with E-state index >= 15 is 0 Å². The predicted octanol–water partition coefficient (Wildman–Crippen LogP) is 0.945. The molecule has 0 amide bonds. The molecular formula is C15H25N3O2. The first-order valence-electron chi connectivity index (χ1n) is 7.29. The first kappa shape index (κ1) is 15.2. The van der Waals surface area contributed by atoms with Crippen LogP contribution in [-0.2, 0) is 6.54 Å². The van der Waals surface area contributed by atoms with Crippen LogP contribution in [0.25, 0.3) is 0 Å². The second kappa shape index (κ2) is 7.57. The average molecular weight is 279 g/mol. The smallest absolute Gasteiger partial charge is 0.122 e. The Morgan fingerprint density at radius 3 is 3.00 bits per heavy atom. The molecule has 1 aliphatic heterocycles. The van der Waals surface area contributed by atoms with Gasteiger partial charge < -0.3 is 15.2 Å². The average Bonchev–Trinajstić information content (AvgIpc) is 2.91. The molecule has 1 aliphatic rings. The van der Waals surface area contributed by atoms with Gasteiger partial charge in [-0.05, 0) is 26.3 Å². The quantitative estimate of drug-likeness (QED) is 0.778. The molecule has 0 bridgehead atoms. The Kier molecular flexibility index (Phi) is 5.76. The second-order valence-corrected chi connectivity index (χ2v) is 5.39. The Balaban J connectivity index is 2.00. The maximum Gasteiger partial charge on any atom is 0.122 e. The molecule has 0 radical (unpaired) electrons. The van der Waals surface area contributed by atoms with Crippen LogP contribution >= 0.6 is 0 Å². The number of aromatic nitrogens is 1. The van der Waals surface area contributed by atoms with Gasteiger partial charge in [0.15, 0.2) is 0 Å². The number of hydrogen-bond acceptors (Lipinski definition) is 5. The fraction of sp³-hybridized carbons (Fsp3) is 0.667. The highest BCUT2D eigenvalue weighted by molar-refractivity contribution is 5.26. The summed E-state index contributed by atoms with van der Waals surface area (Å²) >= 11 is 0. The van der Waals surface area contributed by atoms with Gasteiger partial charge in [0, 0.05) is 43.5 Å². The molecule has 1 aromatic rings. The molecule has 1 aromatic heterocycles. The molecule has 2 heterocycles. The van der Waals surface area contributed by atoms with Crippen molar-refractivity contribution in [2.45, 2.75) is 32.4 Å². The molecule has 0 aliphatic carbocycles. The summed E-state index contributed by atoms with van der Waals surface area (Å²) in [4.78, 5) is 6.81. The summed E-state index contributed by atoms with van der Waals surface area (Å²) in [5, 5.41) is 12.7. The standard InChI is InChI=1S/C15H25N3O2/c1-12-8-15(20-2)9-14(17-12)11-18(6-7-19)10-13-4-3-5-16-13/h8-9,13,16,19H,3-7,10-11H2,1-2H3. The SMILES string of the molecule is COc1cc(C)nc(CN(CCO)CC2CCCN2)c1. The predicted molar refractivity (Wildman–Crippen MR) is 78.9 cm³/mol. The molecule has 5 heteroatoms. The van der Waals surface area contributed by atoms with E-state index in [1.54, 1.807) is 7.11 Å². The van der Waals surface area contributed by atoms with Gasteiger partial charge in [0.25, 0.3) is 0 Å². The van der Waals surface area contributed by atoms with Gasteiger partial charge in [0.1, 0.15) is 5.75 Å². The number of nitrogens with one attached hydrogen (secondary N) is 1. The van der Waals surface area contributed by atoms with E-state index in [-0.39, 0.29) is 6.61 Å². The van der Waals surface area contributed by atoms with Crippen LogP contribution in [0.2, 0.25) is 0 Å². The van der Waals surface area contributed by atoms with E-state index in [1.165, 1.54) is 12.8 Å². The van der Waals surface area contributed by atoms with E-state index in [1.807, 2.05) is 19.1 Å². The van der Waals surface area contributed by atoms with Gasteiger partial charge in [-0.25, -0.2) is 0 Å². The second-order valence-electron chi connectivity index (χ2n) is 5.39. The largest absolute Gasteiger partial charge is 0.497 e. The molecular weight excluding hydrogens is 254 g/mol. The number of hydrogen-bond donors (Lipinski definition) is 2. The van der Waals surface area contributed by atoms with Crippen LogP contribution in [0, 0.1) is 6.92 Å². The zero-order chi connectivity index (χ0) is 14.4. The zero-order valence-corrected chi connectivity index (χ0v) is 12.4. The number of rotatable bonds is 7. The molecule has 1 unspecified atom stereocenters. The fourth-order valence-electron chi connectivity index (χ4n) is 2.73. The lowest BCUT2D eigenvalue weighted by Crippen LogP contribution is -2.38. The summed E-state index contributed by atoms with van der Waals surface area (Å²) in [6.07, 6.45) is 2.46. The molecule has 5 nitrogen and oxygen atoms in total. The van der Waals surface area contributed by atoms with Gasteiger partial charge in [-0.1, -0.05) is 0 Å². The Hall–Kier alpha value is -1.17. The molecule has 2 rings (SSSR count). The van der Waals surface area contributed by atoms with Crippen molar-refractivity contribution < 1.29 is 9.84 Å². The Bertz CT molecular complexity index is 420. The number of aliphatic hydroxyl groups excluding tert-OH is 1. The van der Waals surface area contributed by atoms with Crippen LogP contribution in [0.3, 0.4) is 0 Å². The number of methoxy groups -OCH3 is 1.